The molecule has 1 aliphatic rings. The topological polar surface area (TPSA) is 63.9 Å². The lowest BCUT2D eigenvalue weighted by Crippen LogP contribution is -2.39. The minimum absolute atomic E-state index is 0.192. The molecule has 0 unspecified atom stereocenters. The highest BCUT2D eigenvalue weighted by Crippen LogP contribution is 2.30. The highest BCUT2D eigenvalue weighted by Gasteiger charge is 2.26. The van der Waals surface area contributed by atoms with E-state index in [1.54, 1.807) is 11.3 Å². The Bertz CT molecular complexity index is 886. The minimum Gasteiger partial charge on any atom is -0.342 e. The molecule has 0 bridgehead atoms. The molecule has 0 radical (unpaired) electrons. The van der Waals surface area contributed by atoms with E-state index in [0.29, 0.717) is 18.9 Å². The Morgan fingerprint density at radius 2 is 2.24 bits per heavy atom. The summed E-state index contributed by atoms with van der Waals surface area (Å²) < 4.78 is 1.82. The third-order valence-electron chi connectivity index (χ3n) is 4.72. The fourth-order valence-electron chi connectivity index (χ4n) is 3.41. The number of carbonyl (C=O) groups is 1. The maximum absolute atomic E-state index is 12.7. The van der Waals surface area contributed by atoms with E-state index in [2.05, 4.69) is 22.2 Å². The van der Waals surface area contributed by atoms with Crippen LogP contribution < -0.4 is 0 Å². The molecule has 4 rings (SSSR count). The van der Waals surface area contributed by atoms with Gasteiger partial charge in [0.25, 0.3) is 0 Å². The van der Waals surface area contributed by atoms with Crippen molar-refractivity contribution in [3.8, 4) is 0 Å². The average molecular weight is 355 g/mol. The summed E-state index contributed by atoms with van der Waals surface area (Å²) in [7, 11) is 0. The third-order valence-corrected chi connectivity index (χ3v) is 5.80. The molecular formula is C18H21N5OS. The highest BCUT2D eigenvalue weighted by molar-refractivity contribution is 7.11. The molecule has 7 heteroatoms. The van der Waals surface area contributed by atoms with Gasteiger partial charge in [-0.25, -0.2) is 9.67 Å². The van der Waals surface area contributed by atoms with Crippen molar-refractivity contribution < 1.29 is 4.79 Å². The number of fused-ring (bicyclic) bond motifs is 1. The summed E-state index contributed by atoms with van der Waals surface area (Å²) in [5.41, 5.74) is 1.84. The number of hydrogen-bond donors (Lipinski definition) is 0. The number of piperidine rings is 1. The van der Waals surface area contributed by atoms with Gasteiger partial charge in [-0.3, -0.25) is 4.79 Å². The van der Waals surface area contributed by atoms with Gasteiger partial charge in [0.2, 0.25) is 5.91 Å². The van der Waals surface area contributed by atoms with Crippen molar-refractivity contribution in [2.45, 2.75) is 38.6 Å². The number of para-hydroxylation sites is 1. The van der Waals surface area contributed by atoms with E-state index in [1.165, 1.54) is 4.88 Å². The first-order valence-corrected chi connectivity index (χ1v) is 9.50. The number of aryl methyl sites for hydroxylation is 2. The van der Waals surface area contributed by atoms with Gasteiger partial charge in [0.15, 0.2) is 0 Å². The molecule has 2 aromatic heterocycles. The van der Waals surface area contributed by atoms with Crippen LogP contribution in [0.3, 0.4) is 0 Å². The number of rotatable bonds is 4. The van der Waals surface area contributed by atoms with Gasteiger partial charge in [0.1, 0.15) is 5.52 Å². The third kappa shape index (κ3) is 3.42. The molecular weight excluding hydrogens is 334 g/mol. The normalized spacial score (nSPS) is 18.0. The second-order valence-electron chi connectivity index (χ2n) is 6.54. The van der Waals surface area contributed by atoms with Crippen LogP contribution >= 0.6 is 11.3 Å². The smallest absolute Gasteiger partial charge is 0.224 e. The minimum atomic E-state index is 0.192. The zero-order valence-corrected chi connectivity index (χ0v) is 15.1. The van der Waals surface area contributed by atoms with Crippen molar-refractivity contribution in [2.75, 3.05) is 13.1 Å². The molecule has 1 saturated heterocycles. The largest absolute Gasteiger partial charge is 0.342 e. The lowest BCUT2D eigenvalue weighted by Gasteiger charge is -2.32. The molecule has 1 amide bonds. The van der Waals surface area contributed by atoms with E-state index in [1.807, 2.05) is 40.0 Å². The van der Waals surface area contributed by atoms with Crippen LogP contribution in [0.1, 0.15) is 35.1 Å². The van der Waals surface area contributed by atoms with Crippen LogP contribution in [0.25, 0.3) is 11.0 Å². The number of carbonyl (C=O) groups excluding carboxylic acids is 1. The molecule has 0 N–H and O–H groups in total. The van der Waals surface area contributed by atoms with Crippen LogP contribution in [0.2, 0.25) is 0 Å². The molecule has 1 aromatic carbocycles. The van der Waals surface area contributed by atoms with Crippen LogP contribution in [0.15, 0.2) is 30.5 Å². The van der Waals surface area contributed by atoms with E-state index < -0.39 is 0 Å². The Morgan fingerprint density at radius 3 is 3.08 bits per heavy atom. The number of aromatic nitrogens is 4. The van der Waals surface area contributed by atoms with Gasteiger partial charge in [-0.2, -0.15) is 0 Å². The number of benzene rings is 1. The zero-order valence-electron chi connectivity index (χ0n) is 14.3. The van der Waals surface area contributed by atoms with Crippen molar-refractivity contribution in [3.05, 3.63) is 40.3 Å². The van der Waals surface area contributed by atoms with Crippen LogP contribution in [0.4, 0.5) is 0 Å². The van der Waals surface area contributed by atoms with E-state index >= 15 is 0 Å². The molecule has 0 saturated carbocycles. The van der Waals surface area contributed by atoms with Crippen molar-refractivity contribution >= 4 is 28.3 Å². The summed E-state index contributed by atoms with van der Waals surface area (Å²) in [6.07, 6.45) is 4.54. The standard InChI is InChI=1S/C18H21N5OS/c1-13-11-19-18(25-13)14-5-4-9-22(12-14)17(24)8-10-23-16-7-3-2-6-15(16)20-21-23/h2-3,6-7,11,14H,4-5,8-10,12H2,1H3/t14-/m1/s1. The fraction of sp³-hybridized carbons (Fsp3) is 0.444. The van der Waals surface area contributed by atoms with Gasteiger partial charge in [0.05, 0.1) is 17.1 Å². The van der Waals surface area contributed by atoms with Crippen LogP contribution in [-0.4, -0.2) is 43.9 Å². The number of nitrogens with zero attached hydrogens (tertiary/aromatic N) is 5. The predicted octanol–water partition coefficient (Wildman–Crippen LogP) is 2.99. The molecule has 0 spiro atoms. The van der Waals surface area contributed by atoms with Gasteiger partial charge < -0.3 is 4.90 Å². The van der Waals surface area contributed by atoms with Gasteiger partial charge in [-0.1, -0.05) is 17.3 Å². The highest BCUT2D eigenvalue weighted by atomic mass is 32.1. The molecule has 25 heavy (non-hydrogen) atoms. The van der Waals surface area contributed by atoms with E-state index in [9.17, 15) is 4.79 Å². The second kappa shape index (κ2) is 6.92. The summed E-state index contributed by atoms with van der Waals surface area (Å²) in [5, 5.41) is 9.47. The zero-order chi connectivity index (χ0) is 17.2. The van der Waals surface area contributed by atoms with Gasteiger partial charge in [0, 0.05) is 36.5 Å². The Hall–Kier alpha value is -2.28. The first-order valence-electron chi connectivity index (χ1n) is 8.69. The first kappa shape index (κ1) is 16.2. The van der Waals surface area contributed by atoms with Gasteiger partial charge >= 0.3 is 0 Å². The Labute approximate surface area is 150 Å². The predicted molar refractivity (Wildman–Crippen MR) is 97.6 cm³/mol. The first-order chi connectivity index (χ1) is 12.2. The summed E-state index contributed by atoms with van der Waals surface area (Å²) >= 11 is 1.75. The maximum Gasteiger partial charge on any atom is 0.224 e. The molecule has 3 aromatic rings. The molecule has 3 heterocycles. The van der Waals surface area contributed by atoms with Crippen molar-refractivity contribution in [3.63, 3.8) is 0 Å². The van der Waals surface area contributed by atoms with Crippen molar-refractivity contribution in [1.29, 1.82) is 0 Å². The molecule has 1 fully saturated rings. The number of thiazole rings is 1. The Morgan fingerprint density at radius 1 is 1.36 bits per heavy atom. The maximum atomic E-state index is 12.7. The summed E-state index contributed by atoms with van der Waals surface area (Å²) in [6, 6.07) is 7.84. The van der Waals surface area contributed by atoms with Crippen molar-refractivity contribution in [1.82, 2.24) is 24.9 Å². The van der Waals surface area contributed by atoms with Gasteiger partial charge in [-0.15, -0.1) is 16.4 Å². The Balaban J connectivity index is 1.39. The molecule has 1 aliphatic heterocycles. The van der Waals surface area contributed by atoms with E-state index in [-0.39, 0.29) is 5.91 Å². The number of amides is 1. The van der Waals surface area contributed by atoms with Crippen LogP contribution in [0, 0.1) is 6.92 Å². The number of likely N-dealkylation sites (tertiary alicyclic amines) is 1. The van der Waals surface area contributed by atoms with E-state index in [0.717, 1.165) is 42.0 Å². The lowest BCUT2D eigenvalue weighted by atomic mass is 9.98. The summed E-state index contributed by atoms with van der Waals surface area (Å²) in [4.78, 5) is 20.4. The summed E-state index contributed by atoms with van der Waals surface area (Å²) in [6.45, 7) is 4.27. The monoisotopic (exact) mass is 355 g/mol. The van der Waals surface area contributed by atoms with E-state index in [4.69, 9.17) is 0 Å². The average Bonchev–Trinajstić information content (AvgIpc) is 3.26. The summed E-state index contributed by atoms with van der Waals surface area (Å²) in [5.74, 6) is 0.571. The Kier molecular flexibility index (Phi) is 4.48. The van der Waals surface area contributed by atoms with Crippen molar-refractivity contribution in [2.24, 2.45) is 0 Å². The van der Waals surface area contributed by atoms with Gasteiger partial charge in [-0.05, 0) is 31.9 Å². The molecule has 1 atom stereocenters. The SMILES string of the molecule is Cc1cnc([C@@H]2CCCN(C(=O)CCn3nnc4ccccc43)C2)s1. The fourth-order valence-corrected chi connectivity index (χ4v) is 4.31. The second-order valence-corrected chi connectivity index (χ2v) is 7.81. The van der Waals surface area contributed by atoms with Crippen LogP contribution in [-0.2, 0) is 11.3 Å². The molecule has 6 nitrogen and oxygen atoms in total. The van der Waals surface area contributed by atoms with Crippen LogP contribution in [0.5, 0.6) is 0 Å². The molecule has 0 aliphatic carbocycles. The number of hydrogen-bond acceptors (Lipinski definition) is 5. The lowest BCUT2D eigenvalue weighted by molar-refractivity contribution is -0.132. The molecule has 130 valence electrons. The quantitative estimate of drug-likeness (QED) is 0.722.